The van der Waals surface area contributed by atoms with Crippen LogP contribution in [0.25, 0.3) is 0 Å². The van der Waals surface area contributed by atoms with Crippen molar-refractivity contribution in [1.82, 2.24) is 5.32 Å². The molecule has 1 fully saturated rings. The Hall–Kier alpha value is -1.55. The number of nitrogens with zero attached hydrogens (tertiary/aromatic N) is 1. The first kappa shape index (κ1) is 12.9. The highest BCUT2D eigenvalue weighted by Gasteiger charge is 2.23. The van der Waals surface area contributed by atoms with Crippen LogP contribution in [0.1, 0.15) is 31.9 Å². The number of hydrogen-bond donors (Lipinski definition) is 2. The van der Waals surface area contributed by atoms with Gasteiger partial charge in [-0.05, 0) is 31.0 Å². The molecule has 1 aliphatic heterocycles. The van der Waals surface area contributed by atoms with E-state index >= 15 is 0 Å². The van der Waals surface area contributed by atoms with Crippen LogP contribution >= 0.6 is 0 Å². The summed E-state index contributed by atoms with van der Waals surface area (Å²) in [6.45, 7) is 5.43. The van der Waals surface area contributed by atoms with Crippen LogP contribution in [0, 0.1) is 0 Å². The molecule has 0 radical (unpaired) electrons. The van der Waals surface area contributed by atoms with Gasteiger partial charge in [-0.3, -0.25) is 4.79 Å². The second-order valence-electron chi connectivity index (χ2n) is 5.01. The van der Waals surface area contributed by atoms with Crippen LogP contribution in [0.4, 0.5) is 5.69 Å². The van der Waals surface area contributed by atoms with Gasteiger partial charge >= 0.3 is 0 Å². The third-order valence-corrected chi connectivity index (χ3v) is 3.38. The number of anilines is 1. The fraction of sp³-hybridized carbons (Fsp3) is 0.500. The van der Waals surface area contributed by atoms with E-state index in [2.05, 4.69) is 34.5 Å². The van der Waals surface area contributed by atoms with Crippen molar-refractivity contribution in [3.8, 4) is 0 Å². The van der Waals surface area contributed by atoms with Crippen molar-refractivity contribution in [3.05, 3.63) is 29.8 Å². The molecule has 3 N–H and O–H groups in total. The van der Waals surface area contributed by atoms with E-state index in [9.17, 15) is 4.79 Å². The third kappa shape index (κ3) is 3.01. The minimum atomic E-state index is 0.0501. The summed E-state index contributed by atoms with van der Waals surface area (Å²) in [5.41, 5.74) is 8.18. The molecule has 2 atom stereocenters. The lowest BCUT2D eigenvalue weighted by atomic mass is 10.1. The highest BCUT2D eigenvalue weighted by atomic mass is 16.1. The maximum Gasteiger partial charge on any atom is 0.217 e. The van der Waals surface area contributed by atoms with Crippen molar-refractivity contribution in [2.45, 2.75) is 32.4 Å². The van der Waals surface area contributed by atoms with Crippen LogP contribution in [0.3, 0.4) is 0 Å². The number of amides is 1. The minimum absolute atomic E-state index is 0.0501. The Morgan fingerprint density at radius 1 is 1.44 bits per heavy atom. The van der Waals surface area contributed by atoms with Crippen LogP contribution in [0.5, 0.6) is 0 Å². The van der Waals surface area contributed by atoms with Gasteiger partial charge in [0.15, 0.2) is 0 Å². The van der Waals surface area contributed by atoms with Crippen LogP contribution in [0.15, 0.2) is 24.3 Å². The van der Waals surface area contributed by atoms with Crippen LogP contribution in [0.2, 0.25) is 0 Å². The first-order chi connectivity index (χ1) is 8.56. The lowest BCUT2D eigenvalue weighted by molar-refractivity contribution is -0.119. The zero-order valence-corrected chi connectivity index (χ0v) is 11.0. The van der Waals surface area contributed by atoms with Gasteiger partial charge in [0.05, 0.1) is 0 Å². The van der Waals surface area contributed by atoms with E-state index in [0.29, 0.717) is 0 Å². The molecule has 1 unspecified atom stereocenters. The summed E-state index contributed by atoms with van der Waals surface area (Å²) < 4.78 is 0. The zero-order valence-electron chi connectivity index (χ0n) is 11.0. The molecule has 0 aromatic heterocycles. The van der Waals surface area contributed by atoms with Gasteiger partial charge in [-0.2, -0.15) is 0 Å². The molecule has 18 heavy (non-hydrogen) atoms. The molecular formula is C14H21N3O. The van der Waals surface area contributed by atoms with Gasteiger partial charge in [-0.25, -0.2) is 0 Å². The summed E-state index contributed by atoms with van der Waals surface area (Å²) in [7, 11) is 0. The molecule has 1 aromatic rings. The number of hydrogen-bond acceptors (Lipinski definition) is 3. The first-order valence-corrected chi connectivity index (χ1v) is 6.44. The van der Waals surface area contributed by atoms with Crippen LogP contribution in [-0.4, -0.2) is 25.0 Å². The molecule has 4 heteroatoms. The van der Waals surface area contributed by atoms with Gasteiger partial charge in [-0.1, -0.05) is 12.1 Å². The van der Waals surface area contributed by atoms with Gasteiger partial charge < -0.3 is 16.0 Å². The normalized spacial score (nSPS) is 20.8. The molecule has 98 valence electrons. The Kier molecular flexibility index (Phi) is 3.87. The van der Waals surface area contributed by atoms with E-state index in [1.165, 1.54) is 5.69 Å². The fourth-order valence-electron chi connectivity index (χ4n) is 2.39. The highest BCUT2D eigenvalue weighted by molar-refractivity contribution is 5.73. The summed E-state index contributed by atoms with van der Waals surface area (Å²) in [6, 6.07) is 8.71. The largest absolute Gasteiger partial charge is 0.369 e. The van der Waals surface area contributed by atoms with Crippen LogP contribution in [-0.2, 0) is 4.79 Å². The minimum Gasteiger partial charge on any atom is -0.369 e. The monoisotopic (exact) mass is 247 g/mol. The lowest BCUT2D eigenvalue weighted by Crippen LogP contribution is -2.35. The molecule has 2 rings (SSSR count). The molecular weight excluding hydrogens is 226 g/mol. The van der Waals surface area contributed by atoms with E-state index in [1.807, 2.05) is 6.92 Å². The molecule has 0 saturated carbocycles. The van der Waals surface area contributed by atoms with Gasteiger partial charge in [-0.15, -0.1) is 0 Å². The number of carbonyl (C=O) groups excluding carboxylic acids is 1. The second-order valence-corrected chi connectivity index (χ2v) is 5.01. The highest BCUT2D eigenvalue weighted by Crippen LogP contribution is 2.22. The van der Waals surface area contributed by atoms with Crippen molar-refractivity contribution in [2.75, 3.05) is 18.0 Å². The van der Waals surface area contributed by atoms with Crippen molar-refractivity contribution in [2.24, 2.45) is 5.73 Å². The molecule has 0 aliphatic carbocycles. The molecule has 1 heterocycles. The Labute approximate surface area is 108 Å². The summed E-state index contributed by atoms with van der Waals surface area (Å²) >= 11 is 0. The third-order valence-electron chi connectivity index (χ3n) is 3.38. The van der Waals surface area contributed by atoms with Crippen molar-refractivity contribution in [1.29, 1.82) is 0 Å². The fourth-order valence-corrected chi connectivity index (χ4v) is 2.39. The van der Waals surface area contributed by atoms with Gasteiger partial charge in [0.25, 0.3) is 0 Å². The first-order valence-electron chi connectivity index (χ1n) is 6.44. The smallest absolute Gasteiger partial charge is 0.217 e. The van der Waals surface area contributed by atoms with Crippen molar-refractivity contribution in [3.63, 3.8) is 0 Å². The molecule has 1 amide bonds. The van der Waals surface area contributed by atoms with Crippen molar-refractivity contribution >= 4 is 11.6 Å². The van der Waals surface area contributed by atoms with E-state index in [1.54, 1.807) is 6.92 Å². The molecule has 1 saturated heterocycles. The molecule has 0 spiro atoms. The van der Waals surface area contributed by atoms with Gasteiger partial charge in [0.2, 0.25) is 5.91 Å². The summed E-state index contributed by atoms with van der Waals surface area (Å²) in [5.74, 6) is 0.0501. The maximum absolute atomic E-state index is 11.0. The quantitative estimate of drug-likeness (QED) is 0.849. The van der Waals surface area contributed by atoms with E-state index in [0.717, 1.165) is 25.1 Å². The summed E-state index contributed by atoms with van der Waals surface area (Å²) in [5, 5.41) is 2.97. The molecule has 1 aliphatic rings. The van der Waals surface area contributed by atoms with Crippen LogP contribution < -0.4 is 16.0 Å². The van der Waals surface area contributed by atoms with Crippen molar-refractivity contribution < 1.29 is 4.79 Å². The molecule has 0 bridgehead atoms. The summed E-state index contributed by atoms with van der Waals surface area (Å²) in [6.07, 6.45) is 1.01. The van der Waals surface area contributed by atoms with E-state index < -0.39 is 0 Å². The number of rotatable bonds is 3. The Bertz CT molecular complexity index is 414. The number of carbonyl (C=O) groups is 1. The van der Waals surface area contributed by atoms with Gasteiger partial charge in [0.1, 0.15) is 0 Å². The second kappa shape index (κ2) is 5.40. The average molecular weight is 247 g/mol. The zero-order chi connectivity index (χ0) is 13.1. The number of benzene rings is 1. The Morgan fingerprint density at radius 3 is 2.67 bits per heavy atom. The number of nitrogens with one attached hydrogen (secondary N) is 1. The Morgan fingerprint density at radius 2 is 2.11 bits per heavy atom. The lowest BCUT2D eigenvalue weighted by Gasteiger charge is -2.19. The Balaban J connectivity index is 1.98. The molecule has 4 nitrogen and oxygen atoms in total. The predicted molar refractivity (Wildman–Crippen MR) is 73.5 cm³/mol. The van der Waals surface area contributed by atoms with E-state index in [-0.39, 0.29) is 18.0 Å². The molecule has 1 aromatic carbocycles. The SMILES string of the molecule is CC(=O)NC1CCN(c2ccc([C@@H](C)N)cc2)C1. The standard InChI is InChI=1S/C14H21N3O/c1-10(15)12-3-5-14(6-4-12)17-8-7-13(9-17)16-11(2)18/h3-6,10,13H,7-9,15H2,1-2H3,(H,16,18)/t10-,13?/m1/s1. The maximum atomic E-state index is 11.0. The number of nitrogens with two attached hydrogens (primary N) is 1. The summed E-state index contributed by atoms with van der Waals surface area (Å²) in [4.78, 5) is 13.3. The average Bonchev–Trinajstić information content (AvgIpc) is 2.76. The van der Waals surface area contributed by atoms with Gasteiger partial charge in [0, 0.05) is 37.8 Å². The topological polar surface area (TPSA) is 58.4 Å². The van der Waals surface area contributed by atoms with E-state index in [4.69, 9.17) is 5.73 Å². The predicted octanol–water partition coefficient (Wildman–Crippen LogP) is 1.42.